The van der Waals surface area contributed by atoms with E-state index in [0.29, 0.717) is 6.04 Å². The number of hydrogen-bond donors (Lipinski definition) is 1. The van der Waals surface area contributed by atoms with E-state index in [1.807, 2.05) is 18.0 Å². The van der Waals surface area contributed by atoms with Gasteiger partial charge in [-0.2, -0.15) is 11.8 Å². The van der Waals surface area contributed by atoms with Gasteiger partial charge >= 0.3 is 0 Å². The average molecular weight is 217 g/mol. The van der Waals surface area contributed by atoms with E-state index in [4.69, 9.17) is 0 Å². The first-order valence-corrected chi connectivity index (χ1v) is 6.47. The van der Waals surface area contributed by atoms with Gasteiger partial charge in [0.05, 0.1) is 6.04 Å². The first-order chi connectivity index (χ1) is 6.06. The quantitative estimate of drug-likeness (QED) is 0.732. The first-order valence-electron chi connectivity index (χ1n) is 4.20. The summed E-state index contributed by atoms with van der Waals surface area (Å²) in [5, 5.41) is 4.78. The van der Waals surface area contributed by atoms with Crippen LogP contribution in [0.25, 0.3) is 0 Å². The highest BCUT2D eigenvalue weighted by Gasteiger charge is 2.39. The zero-order valence-electron chi connectivity index (χ0n) is 8.16. The third kappa shape index (κ3) is 2.95. The molecule has 0 spiro atoms. The summed E-state index contributed by atoms with van der Waals surface area (Å²) >= 11 is 3.43. The Hall–Kier alpha value is -0.0900. The highest BCUT2D eigenvalue weighted by molar-refractivity contribution is 8.02. The van der Waals surface area contributed by atoms with Gasteiger partial charge < -0.3 is 5.32 Å². The molecule has 0 saturated carbocycles. The van der Waals surface area contributed by atoms with Gasteiger partial charge in [0.25, 0.3) is 0 Å². The van der Waals surface area contributed by atoms with Gasteiger partial charge in [-0.15, -0.1) is 11.8 Å². The van der Waals surface area contributed by atoms with Crippen LogP contribution >= 0.6 is 23.5 Å². The number of amides is 1. The van der Waals surface area contributed by atoms with Crippen LogP contribution in [0.2, 0.25) is 0 Å². The molecule has 1 rings (SSSR count). The molecule has 13 heavy (non-hydrogen) atoms. The van der Waals surface area contributed by atoms with Crippen molar-refractivity contribution in [2.24, 2.45) is 0 Å². The van der Waals surface area contributed by atoms with Crippen LogP contribution < -0.4 is 5.32 Å². The van der Waals surface area contributed by atoms with Crippen LogP contribution in [0.1, 0.15) is 13.8 Å². The Bertz CT molecular complexity index is 226. The fraction of sp³-hybridized carbons (Fsp3) is 0.667. The van der Waals surface area contributed by atoms with Crippen molar-refractivity contribution in [3.05, 3.63) is 11.5 Å². The summed E-state index contributed by atoms with van der Waals surface area (Å²) in [6, 6.07) is 0.330. The molecule has 1 aliphatic heterocycles. The highest BCUT2D eigenvalue weighted by Crippen LogP contribution is 2.39. The summed E-state index contributed by atoms with van der Waals surface area (Å²) in [6.45, 7) is 4.31. The van der Waals surface area contributed by atoms with E-state index in [0.717, 1.165) is 5.75 Å². The lowest BCUT2D eigenvalue weighted by atomic mass is 10.0. The predicted molar refractivity (Wildman–Crippen MR) is 61.1 cm³/mol. The second kappa shape index (κ2) is 4.42. The zero-order valence-corrected chi connectivity index (χ0v) is 9.80. The maximum absolute atomic E-state index is 11.3. The number of hydrogen-bond acceptors (Lipinski definition) is 3. The van der Waals surface area contributed by atoms with Gasteiger partial charge in [0, 0.05) is 16.6 Å². The molecule has 1 N–H and O–H groups in total. The molecule has 0 bridgehead atoms. The number of carbonyl (C=O) groups is 1. The average Bonchev–Trinajstić information content (AvgIpc) is 2.09. The molecule has 1 amide bonds. The van der Waals surface area contributed by atoms with Gasteiger partial charge in [-0.25, -0.2) is 0 Å². The molecule has 1 aliphatic rings. The smallest absolute Gasteiger partial charge is 0.244 e. The minimum absolute atomic E-state index is 0.0210. The molecule has 1 fully saturated rings. The second-order valence-corrected chi connectivity index (χ2v) is 5.93. The van der Waals surface area contributed by atoms with E-state index in [1.54, 1.807) is 11.5 Å². The number of rotatable bonds is 3. The largest absolute Gasteiger partial charge is 0.348 e. The minimum atomic E-state index is 0.0210. The molecule has 4 heteroatoms. The molecule has 0 aromatic heterocycles. The van der Waals surface area contributed by atoms with Gasteiger partial charge in [0.2, 0.25) is 5.91 Å². The Morgan fingerprint density at radius 1 is 1.69 bits per heavy atom. The number of thioether (sulfide) groups is 2. The lowest BCUT2D eigenvalue weighted by Gasteiger charge is -2.43. The third-order valence-electron chi connectivity index (χ3n) is 2.13. The van der Waals surface area contributed by atoms with Gasteiger partial charge in [-0.3, -0.25) is 4.79 Å². The second-order valence-electron chi connectivity index (χ2n) is 3.51. The van der Waals surface area contributed by atoms with Crippen molar-refractivity contribution < 1.29 is 4.79 Å². The Morgan fingerprint density at radius 3 is 2.77 bits per heavy atom. The van der Waals surface area contributed by atoms with Gasteiger partial charge in [-0.05, 0) is 25.5 Å². The molecule has 1 heterocycles. The Kier molecular flexibility index (Phi) is 3.74. The van der Waals surface area contributed by atoms with Crippen LogP contribution in [-0.4, -0.2) is 28.7 Å². The third-order valence-corrected chi connectivity index (χ3v) is 4.07. The van der Waals surface area contributed by atoms with Crippen LogP contribution in [0, 0.1) is 0 Å². The van der Waals surface area contributed by atoms with Crippen LogP contribution in [-0.2, 0) is 4.79 Å². The number of nitrogens with one attached hydrogen (secondary N) is 1. The van der Waals surface area contributed by atoms with Gasteiger partial charge in [-0.1, -0.05) is 0 Å². The molecule has 0 aliphatic carbocycles. The fourth-order valence-electron chi connectivity index (χ4n) is 1.07. The fourth-order valence-corrected chi connectivity index (χ4v) is 2.47. The van der Waals surface area contributed by atoms with E-state index in [2.05, 4.69) is 19.2 Å². The molecule has 0 aromatic rings. The van der Waals surface area contributed by atoms with Gasteiger partial charge in [0.1, 0.15) is 0 Å². The topological polar surface area (TPSA) is 29.1 Å². The Labute approximate surface area is 87.9 Å². The molecule has 1 unspecified atom stereocenters. The maximum Gasteiger partial charge on any atom is 0.244 e. The van der Waals surface area contributed by atoms with Crippen LogP contribution in [0.5, 0.6) is 0 Å². The summed E-state index contributed by atoms with van der Waals surface area (Å²) in [6.07, 6.45) is 3.52. The molecule has 1 saturated heterocycles. The van der Waals surface area contributed by atoms with Crippen molar-refractivity contribution in [1.29, 1.82) is 0 Å². The monoisotopic (exact) mass is 217 g/mol. The summed E-state index contributed by atoms with van der Waals surface area (Å²) in [7, 11) is 0. The summed E-state index contributed by atoms with van der Waals surface area (Å²) in [5.41, 5.74) is 0. The lowest BCUT2D eigenvalue weighted by molar-refractivity contribution is -0.117. The first kappa shape index (κ1) is 11.0. The lowest BCUT2D eigenvalue weighted by Crippen LogP contribution is -2.56. The van der Waals surface area contributed by atoms with Crippen molar-refractivity contribution in [2.75, 3.05) is 12.0 Å². The molecule has 1 atom stereocenters. The SMILES string of the molecule is CSC=CC(=O)NC1CSC1(C)C. The molecule has 2 nitrogen and oxygen atoms in total. The van der Waals surface area contributed by atoms with Crippen LogP contribution in [0.3, 0.4) is 0 Å². The van der Waals surface area contributed by atoms with E-state index in [1.165, 1.54) is 11.8 Å². The maximum atomic E-state index is 11.3. The normalized spacial score (nSPS) is 25.6. The zero-order chi connectivity index (χ0) is 9.90. The summed E-state index contributed by atoms with van der Waals surface area (Å²) < 4.78 is 0.211. The highest BCUT2D eigenvalue weighted by atomic mass is 32.2. The molecular formula is C9H15NOS2. The van der Waals surface area contributed by atoms with E-state index in [9.17, 15) is 4.79 Å². The van der Waals surface area contributed by atoms with E-state index < -0.39 is 0 Å². The molecule has 0 radical (unpaired) electrons. The standard InChI is InChI=1S/C9H15NOS2/c1-9(2)7(6-13-9)10-8(11)4-5-12-3/h4-5,7H,6H2,1-3H3,(H,10,11). The Morgan fingerprint density at radius 2 is 2.38 bits per heavy atom. The number of carbonyl (C=O) groups excluding carboxylic acids is 1. The van der Waals surface area contributed by atoms with E-state index in [-0.39, 0.29) is 10.7 Å². The molecule has 0 aromatic carbocycles. The summed E-state index contributed by atoms with van der Waals surface area (Å²) in [5.74, 6) is 1.05. The van der Waals surface area contributed by atoms with Crippen molar-refractivity contribution in [2.45, 2.75) is 24.6 Å². The summed E-state index contributed by atoms with van der Waals surface area (Å²) in [4.78, 5) is 11.3. The van der Waals surface area contributed by atoms with Crippen LogP contribution in [0.15, 0.2) is 11.5 Å². The molecule has 74 valence electrons. The predicted octanol–water partition coefficient (Wildman–Crippen LogP) is 1.87. The van der Waals surface area contributed by atoms with Gasteiger partial charge in [0.15, 0.2) is 0 Å². The van der Waals surface area contributed by atoms with Crippen molar-refractivity contribution in [3.63, 3.8) is 0 Å². The van der Waals surface area contributed by atoms with Crippen molar-refractivity contribution in [1.82, 2.24) is 5.32 Å². The van der Waals surface area contributed by atoms with Crippen LogP contribution in [0.4, 0.5) is 0 Å². The minimum Gasteiger partial charge on any atom is -0.348 e. The molecular weight excluding hydrogens is 202 g/mol. The van der Waals surface area contributed by atoms with E-state index >= 15 is 0 Å². The van der Waals surface area contributed by atoms with Crippen molar-refractivity contribution >= 4 is 29.4 Å². The Balaban J connectivity index is 2.33. The van der Waals surface area contributed by atoms with Crippen molar-refractivity contribution in [3.8, 4) is 0 Å².